The van der Waals surface area contributed by atoms with Gasteiger partial charge in [0.25, 0.3) is 11.7 Å². The quantitative estimate of drug-likeness (QED) is 0.641. The Balaban J connectivity index is 1.65. The van der Waals surface area contributed by atoms with Crippen LogP contribution in [-0.2, 0) is 10.0 Å². The normalized spacial score (nSPS) is 15.2. The maximum Gasteiger partial charge on any atom is 0.295 e. The Hall–Kier alpha value is -3.05. The topological polar surface area (TPSA) is 119 Å². The van der Waals surface area contributed by atoms with Crippen LogP contribution in [0.15, 0.2) is 29.2 Å². The lowest BCUT2D eigenvalue weighted by molar-refractivity contribution is 0.101. The van der Waals surface area contributed by atoms with Crippen LogP contribution in [0.4, 0.5) is 5.69 Å². The molecular weight excluding hydrogens is 420 g/mol. The number of nitrogens with zero attached hydrogens (tertiary/aromatic N) is 5. The number of hydrogen-bond donors (Lipinski definition) is 1. The van der Waals surface area contributed by atoms with Crippen molar-refractivity contribution in [1.29, 1.82) is 0 Å². The molecule has 1 fully saturated rings. The minimum absolute atomic E-state index is 0.0763. The summed E-state index contributed by atoms with van der Waals surface area (Å²) in [6.07, 6.45) is 2.70. The second-order valence-corrected chi connectivity index (χ2v) is 9.41. The monoisotopic (exact) mass is 444 g/mol. The third-order valence-electron chi connectivity index (χ3n) is 5.19. The first-order valence-corrected chi connectivity index (χ1v) is 11.4. The van der Waals surface area contributed by atoms with E-state index in [0.717, 1.165) is 30.7 Å². The molecule has 0 atom stereocenters. The van der Waals surface area contributed by atoms with E-state index >= 15 is 0 Å². The minimum atomic E-state index is -3.66. The summed E-state index contributed by atoms with van der Waals surface area (Å²) in [4.78, 5) is 21.4. The summed E-state index contributed by atoms with van der Waals surface area (Å²) in [5.41, 5.74) is 1.79. The van der Waals surface area contributed by atoms with E-state index in [1.54, 1.807) is 0 Å². The molecule has 31 heavy (non-hydrogen) atoms. The van der Waals surface area contributed by atoms with Crippen molar-refractivity contribution in [3.8, 4) is 5.75 Å². The fourth-order valence-corrected chi connectivity index (χ4v) is 5.18. The Kier molecular flexibility index (Phi) is 5.63. The number of carbonyl (C=O) groups excluding carboxylic acids is 1. The van der Waals surface area contributed by atoms with Crippen LogP contribution in [-0.4, -0.2) is 58.4 Å². The molecule has 2 aromatic heterocycles. The van der Waals surface area contributed by atoms with E-state index in [4.69, 9.17) is 4.74 Å². The summed E-state index contributed by atoms with van der Waals surface area (Å²) >= 11 is 0. The molecular formula is C20H24N6O4S. The van der Waals surface area contributed by atoms with Gasteiger partial charge in [0.15, 0.2) is 0 Å². The maximum atomic E-state index is 13.0. The van der Waals surface area contributed by atoms with Gasteiger partial charge in [-0.3, -0.25) is 4.79 Å². The number of anilines is 1. The standard InChI is InChI=1S/C20H24N6O4S/c1-13-11-14(2)26-20(21-13)23-18(24-26)19(27)22-16-12-15(7-8-17(16)30-3)31(28,29)25-9-5-4-6-10-25/h7-8,11-12H,4-6,9-10H2,1-3H3,(H,22,27). The summed E-state index contributed by atoms with van der Waals surface area (Å²) in [5, 5.41) is 6.89. The molecule has 11 heteroatoms. The molecule has 0 radical (unpaired) electrons. The van der Waals surface area contributed by atoms with Crippen LogP contribution in [0.25, 0.3) is 5.78 Å². The molecule has 1 aromatic carbocycles. The van der Waals surface area contributed by atoms with E-state index in [1.165, 1.54) is 34.1 Å². The van der Waals surface area contributed by atoms with Crippen LogP contribution in [0.1, 0.15) is 41.3 Å². The van der Waals surface area contributed by atoms with Gasteiger partial charge in [0.1, 0.15) is 5.75 Å². The van der Waals surface area contributed by atoms with Gasteiger partial charge in [-0.05, 0) is 51.0 Å². The summed E-state index contributed by atoms with van der Waals surface area (Å²) < 4.78 is 34.3. The molecule has 0 unspecified atom stereocenters. The Morgan fingerprint density at radius 3 is 2.55 bits per heavy atom. The van der Waals surface area contributed by atoms with Gasteiger partial charge in [-0.2, -0.15) is 9.29 Å². The molecule has 3 aromatic rings. The fraction of sp³-hybridized carbons (Fsp3) is 0.400. The molecule has 1 aliphatic rings. The highest BCUT2D eigenvalue weighted by molar-refractivity contribution is 7.89. The lowest BCUT2D eigenvalue weighted by Gasteiger charge is -2.26. The average Bonchev–Trinajstić information content (AvgIpc) is 3.19. The first-order chi connectivity index (χ1) is 14.8. The number of nitrogens with one attached hydrogen (secondary N) is 1. The number of benzene rings is 1. The highest BCUT2D eigenvalue weighted by atomic mass is 32.2. The Labute approximate surface area is 180 Å². The molecule has 1 aliphatic heterocycles. The van der Waals surface area contributed by atoms with Gasteiger partial charge in [0.05, 0.1) is 17.7 Å². The zero-order chi connectivity index (χ0) is 22.2. The lowest BCUT2D eigenvalue weighted by Crippen LogP contribution is -2.35. The molecule has 0 aliphatic carbocycles. The molecule has 0 bridgehead atoms. The van der Waals surface area contributed by atoms with Gasteiger partial charge in [-0.1, -0.05) is 6.42 Å². The predicted octanol–water partition coefficient (Wildman–Crippen LogP) is 2.18. The van der Waals surface area contributed by atoms with Crippen LogP contribution >= 0.6 is 0 Å². The summed E-state index contributed by atoms with van der Waals surface area (Å²) in [7, 11) is -2.21. The highest BCUT2D eigenvalue weighted by Gasteiger charge is 2.27. The van der Waals surface area contributed by atoms with Gasteiger partial charge >= 0.3 is 0 Å². The Morgan fingerprint density at radius 2 is 1.84 bits per heavy atom. The van der Waals surface area contributed by atoms with Crippen molar-refractivity contribution in [2.45, 2.75) is 38.0 Å². The number of aryl methyl sites for hydroxylation is 2. The molecule has 1 saturated heterocycles. The van der Waals surface area contributed by atoms with Crippen molar-refractivity contribution in [3.05, 3.63) is 41.5 Å². The maximum absolute atomic E-state index is 13.0. The van der Waals surface area contributed by atoms with Crippen LogP contribution in [0.5, 0.6) is 5.75 Å². The van der Waals surface area contributed by atoms with E-state index in [0.29, 0.717) is 24.6 Å². The van der Waals surface area contributed by atoms with Crippen molar-refractivity contribution in [2.24, 2.45) is 0 Å². The number of ether oxygens (including phenoxy) is 1. The van der Waals surface area contributed by atoms with E-state index < -0.39 is 15.9 Å². The minimum Gasteiger partial charge on any atom is -0.495 e. The largest absolute Gasteiger partial charge is 0.495 e. The molecule has 0 spiro atoms. The van der Waals surface area contributed by atoms with E-state index in [9.17, 15) is 13.2 Å². The van der Waals surface area contributed by atoms with Crippen molar-refractivity contribution in [1.82, 2.24) is 23.9 Å². The van der Waals surface area contributed by atoms with Crippen molar-refractivity contribution < 1.29 is 17.9 Å². The fourth-order valence-electron chi connectivity index (χ4n) is 3.64. The number of fused-ring (bicyclic) bond motifs is 1. The van der Waals surface area contributed by atoms with Crippen LogP contribution in [0.2, 0.25) is 0 Å². The zero-order valence-corrected chi connectivity index (χ0v) is 18.4. The molecule has 4 rings (SSSR count). The molecule has 164 valence electrons. The summed E-state index contributed by atoms with van der Waals surface area (Å²) in [6, 6.07) is 6.25. The van der Waals surface area contributed by atoms with Gasteiger partial charge in [-0.15, -0.1) is 5.10 Å². The molecule has 1 N–H and O–H groups in total. The first-order valence-electron chi connectivity index (χ1n) is 10.00. The van der Waals surface area contributed by atoms with Gasteiger partial charge in [0, 0.05) is 24.5 Å². The highest BCUT2D eigenvalue weighted by Crippen LogP contribution is 2.30. The Bertz CT molecular complexity index is 1250. The third kappa shape index (κ3) is 4.10. The number of methoxy groups -OCH3 is 1. The number of hydrogen-bond acceptors (Lipinski definition) is 7. The smallest absolute Gasteiger partial charge is 0.295 e. The van der Waals surface area contributed by atoms with Gasteiger partial charge in [-0.25, -0.2) is 17.9 Å². The number of sulfonamides is 1. The van der Waals surface area contributed by atoms with E-state index in [1.807, 2.05) is 19.9 Å². The number of rotatable bonds is 5. The van der Waals surface area contributed by atoms with Crippen LogP contribution in [0, 0.1) is 13.8 Å². The number of aromatic nitrogens is 4. The molecule has 1 amide bonds. The summed E-state index contributed by atoms with van der Waals surface area (Å²) in [5.74, 6) is -0.0168. The lowest BCUT2D eigenvalue weighted by atomic mass is 10.2. The number of amides is 1. The van der Waals surface area contributed by atoms with Crippen molar-refractivity contribution in [2.75, 3.05) is 25.5 Å². The van der Waals surface area contributed by atoms with Crippen LogP contribution < -0.4 is 10.1 Å². The second kappa shape index (κ2) is 8.23. The van der Waals surface area contributed by atoms with Gasteiger partial charge in [0.2, 0.25) is 15.8 Å². The molecule has 3 heterocycles. The molecule has 10 nitrogen and oxygen atoms in total. The average molecular weight is 445 g/mol. The Morgan fingerprint density at radius 1 is 1.10 bits per heavy atom. The van der Waals surface area contributed by atoms with Gasteiger partial charge < -0.3 is 10.1 Å². The SMILES string of the molecule is COc1ccc(S(=O)(=O)N2CCCCC2)cc1NC(=O)c1nc2nc(C)cc(C)n2n1. The van der Waals surface area contributed by atoms with Crippen LogP contribution in [0.3, 0.4) is 0 Å². The van der Waals surface area contributed by atoms with E-state index in [-0.39, 0.29) is 16.4 Å². The second-order valence-electron chi connectivity index (χ2n) is 7.47. The molecule has 0 saturated carbocycles. The van der Waals surface area contributed by atoms with Crippen molar-refractivity contribution in [3.63, 3.8) is 0 Å². The summed E-state index contributed by atoms with van der Waals surface area (Å²) in [6.45, 7) is 4.66. The predicted molar refractivity (Wildman–Crippen MR) is 114 cm³/mol. The first kappa shape index (κ1) is 21.2. The number of piperidine rings is 1. The third-order valence-corrected chi connectivity index (χ3v) is 7.09. The number of carbonyl (C=O) groups is 1. The van der Waals surface area contributed by atoms with Crippen molar-refractivity contribution >= 4 is 27.4 Å². The van der Waals surface area contributed by atoms with E-state index in [2.05, 4.69) is 20.4 Å². The zero-order valence-electron chi connectivity index (χ0n) is 17.6.